The fourth-order valence-corrected chi connectivity index (χ4v) is 1.16. The Morgan fingerprint density at radius 2 is 2.00 bits per heavy atom. The van der Waals surface area contributed by atoms with E-state index in [9.17, 15) is 14.9 Å². The van der Waals surface area contributed by atoms with Gasteiger partial charge in [-0.15, -0.1) is 0 Å². The number of thioether (sulfide) groups is 1. The summed E-state index contributed by atoms with van der Waals surface area (Å²) in [6.45, 7) is 0. The highest BCUT2D eigenvalue weighted by Gasteiger charge is 2.09. The number of carbonyl (C=O) groups is 1. The lowest BCUT2D eigenvalue weighted by atomic mass is 10.2. The van der Waals surface area contributed by atoms with Gasteiger partial charge in [-0.05, 0) is 12.1 Å². The van der Waals surface area contributed by atoms with E-state index >= 15 is 0 Å². The molecule has 1 aromatic carbocycles. The van der Waals surface area contributed by atoms with Crippen LogP contribution in [0.3, 0.4) is 0 Å². The number of nitro groups is 1. The third kappa shape index (κ3) is 2.31. The molecule has 0 radical (unpaired) electrons. The zero-order valence-corrected chi connectivity index (χ0v) is 7.65. The molecule has 0 aromatic heterocycles. The summed E-state index contributed by atoms with van der Waals surface area (Å²) < 4.78 is 0. The summed E-state index contributed by atoms with van der Waals surface area (Å²) in [6, 6.07) is 5.10. The van der Waals surface area contributed by atoms with Gasteiger partial charge in [0.1, 0.15) is 5.40 Å². The van der Waals surface area contributed by atoms with E-state index < -0.39 is 10.0 Å². The number of nitrogens with zero attached hydrogens (tertiary/aromatic N) is 2. The summed E-state index contributed by atoms with van der Waals surface area (Å²) >= 11 is 0.495. The molecule has 0 aliphatic heterocycles. The molecule has 0 spiro atoms. The highest BCUT2D eigenvalue weighted by atomic mass is 32.2. The fourth-order valence-electron chi connectivity index (χ4n) is 0.820. The maximum Gasteiger partial charge on any atom is 0.269 e. The number of rotatable bonds is 2. The molecule has 1 aromatic rings. The zero-order chi connectivity index (χ0) is 10.6. The van der Waals surface area contributed by atoms with E-state index in [-0.39, 0.29) is 11.3 Å². The molecule has 0 saturated heterocycles. The van der Waals surface area contributed by atoms with Crippen molar-refractivity contribution in [3.8, 4) is 5.40 Å². The average molecular weight is 208 g/mol. The minimum Gasteiger partial charge on any atom is -0.280 e. The van der Waals surface area contributed by atoms with Gasteiger partial charge >= 0.3 is 0 Å². The number of nitro benzene ring substituents is 1. The molecule has 0 bridgehead atoms. The van der Waals surface area contributed by atoms with Crippen molar-refractivity contribution in [2.75, 3.05) is 0 Å². The molecule has 1 rings (SSSR count). The standard InChI is InChI=1S/C8H4N2O3S/c9-5-14-8(11)6-1-3-7(4-2-6)10(12)13/h1-4H. The second-order valence-electron chi connectivity index (χ2n) is 2.28. The van der Waals surface area contributed by atoms with Gasteiger partial charge in [-0.1, -0.05) is 0 Å². The molecule has 0 saturated carbocycles. The molecule has 70 valence electrons. The van der Waals surface area contributed by atoms with Crippen LogP contribution in [0.1, 0.15) is 10.4 Å². The van der Waals surface area contributed by atoms with Gasteiger partial charge in [0.15, 0.2) is 0 Å². The second kappa shape index (κ2) is 4.39. The maximum atomic E-state index is 11.1. The number of carbonyl (C=O) groups excluding carboxylic acids is 1. The van der Waals surface area contributed by atoms with Crippen molar-refractivity contribution in [1.82, 2.24) is 0 Å². The monoisotopic (exact) mass is 208 g/mol. The van der Waals surface area contributed by atoms with Crippen LogP contribution in [0.15, 0.2) is 24.3 Å². The number of non-ortho nitro benzene ring substituents is 1. The Balaban J connectivity index is 2.89. The molecule has 0 amide bonds. The first-order valence-corrected chi connectivity index (χ1v) is 4.31. The fraction of sp³-hybridized carbons (Fsp3) is 0. The van der Waals surface area contributed by atoms with E-state index in [1.165, 1.54) is 24.3 Å². The summed E-state index contributed by atoms with van der Waals surface area (Å²) in [7, 11) is 0. The zero-order valence-electron chi connectivity index (χ0n) is 6.84. The normalized spacial score (nSPS) is 9.07. The smallest absolute Gasteiger partial charge is 0.269 e. The molecule has 0 fully saturated rings. The summed E-state index contributed by atoms with van der Waals surface area (Å²) in [4.78, 5) is 20.8. The van der Waals surface area contributed by atoms with Crippen molar-refractivity contribution in [1.29, 1.82) is 5.26 Å². The molecule has 0 aliphatic carbocycles. The van der Waals surface area contributed by atoms with Crippen LogP contribution in [-0.4, -0.2) is 10.0 Å². The van der Waals surface area contributed by atoms with Crippen LogP contribution in [0.4, 0.5) is 5.69 Å². The van der Waals surface area contributed by atoms with E-state index in [0.717, 1.165) is 0 Å². The lowest BCUT2D eigenvalue weighted by Gasteiger charge is -1.94. The number of benzene rings is 1. The lowest BCUT2D eigenvalue weighted by molar-refractivity contribution is -0.384. The Kier molecular flexibility index (Phi) is 3.20. The predicted molar refractivity (Wildman–Crippen MR) is 50.6 cm³/mol. The largest absolute Gasteiger partial charge is 0.280 e. The van der Waals surface area contributed by atoms with Gasteiger partial charge in [0.25, 0.3) is 5.69 Å². The molecule has 5 nitrogen and oxygen atoms in total. The molecule has 0 atom stereocenters. The van der Waals surface area contributed by atoms with Crippen LogP contribution >= 0.6 is 11.8 Å². The van der Waals surface area contributed by atoms with E-state index in [1.807, 2.05) is 0 Å². The molecule has 14 heavy (non-hydrogen) atoms. The van der Waals surface area contributed by atoms with E-state index in [1.54, 1.807) is 5.40 Å². The third-order valence-electron chi connectivity index (χ3n) is 1.45. The van der Waals surface area contributed by atoms with Gasteiger partial charge in [-0.2, -0.15) is 5.26 Å². The first-order chi connectivity index (χ1) is 6.65. The maximum absolute atomic E-state index is 11.1. The van der Waals surface area contributed by atoms with Gasteiger partial charge < -0.3 is 0 Å². The van der Waals surface area contributed by atoms with Gasteiger partial charge in [0, 0.05) is 29.5 Å². The van der Waals surface area contributed by atoms with Crippen molar-refractivity contribution in [3.63, 3.8) is 0 Å². The minimum absolute atomic E-state index is 0.0801. The molecular weight excluding hydrogens is 204 g/mol. The van der Waals surface area contributed by atoms with Gasteiger partial charge in [-0.3, -0.25) is 14.9 Å². The van der Waals surface area contributed by atoms with Crippen LogP contribution in [0.2, 0.25) is 0 Å². The van der Waals surface area contributed by atoms with Crippen LogP contribution in [0, 0.1) is 20.8 Å². The first kappa shape index (κ1) is 10.2. The van der Waals surface area contributed by atoms with Gasteiger partial charge in [-0.25, -0.2) is 0 Å². The Morgan fingerprint density at radius 3 is 2.43 bits per heavy atom. The predicted octanol–water partition coefficient (Wildman–Crippen LogP) is 1.95. The minimum atomic E-state index is -0.550. The topological polar surface area (TPSA) is 84.0 Å². The van der Waals surface area contributed by atoms with Crippen molar-refractivity contribution >= 4 is 22.6 Å². The Hall–Kier alpha value is -1.87. The quantitative estimate of drug-likeness (QED) is 0.421. The Labute approximate surface area is 83.5 Å². The van der Waals surface area contributed by atoms with Gasteiger partial charge in [0.05, 0.1) is 4.92 Å². The van der Waals surface area contributed by atoms with E-state index in [0.29, 0.717) is 11.8 Å². The molecule has 0 unspecified atom stereocenters. The van der Waals surface area contributed by atoms with Crippen LogP contribution in [-0.2, 0) is 0 Å². The Morgan fingerprint density at radius 1 is 1.43 bits per heavy atom. The average Bonchev–Trinajstić information content (AvgIpc) is 2.18. The Bertz CT molecular complexity index is 408. The summed E-state index contributed by atoms with van der Waals surface area (Å²) in [6.07, 6.45) is 0. The van der Waals surface area contributed by atoms with Crippen molar-refractivity contribution in [3.05, 3.63) is 39.9 Å². The SMILES string of the molecule is N#CSC(=O)c1ccc([N+](=O)[O-])cc1. The molecule has 0 N–H and O–H groups in total. The summed E-state index contributed by atoms with van der Waals surface area (Å²) in [5.74, 6) is 0. The highest BCUT2D eigenvalue weighted by Crippen LogP contribution is 2.15. The molecule has 0 heterocycles. The molecule has 0 aliphatic rings. The number of hydrogen-bond acceptors (Lipinski definition) is 5. The summed E-state index contributed by atoms with van der Waals surface area (Å²) in [5.41, 5.74) is 0.200. The first-order valence-electron chi connectivity index (χ1n) is 3.50. The van der Waals surface area contributed by atoms with Crippen molar-refractivity contribution < 1.29 is 9.72 Å². The number of hydrogen-bond donors (Lipinski definition) is 0. The second-order valence-corrected chi connectivity index (χ2v) is 3.04. The van der Waals surface area contributed by atoms with Crippen LogP contribution in [0.5, 0.6) is 0 Å². The van der Waals surface area contributed by atoms with E-state index in [4.69, 9.17) is 5.26 Å². The van der Waals surface area contributed by atoms with Crippen molar-refractivity contribution in [2.24, 2.45) is 0 Å². The number of nitriles is 1. The van der Waals surface area contributed by atoms with Gasteiger partial charge in [0.2, 0.25) is 5.12 Å². The number of thiocyanates is 1. The third-order valence-corrected chi connectivity index (χ3v) is 1.96. The summed E-state index contributed by atoms with van der Waals surface area (Å²) in [5, 5.41) is 19.7. The van der Waals surface area contributed by atoms with Crippen LogP contribution in [0.25, 0.3) is 0 Å². The molecular formula is C8H4N2O3S. The van der Waals surface area contributed by atoms with Crippen LogP contribution < -0.4 is 0 Å². The van der Waals surface area contributed by atoms with E-state index in [2.05, 4.69) is 0 Å². The lowest BCUT2D eigenvalue weighted by Crippen LogP contribution is -1.93. The molecule has 6 heteroatoms. The highest BCUT2D eigenvalue weighted by molar-refractivity contribution is 8.18. The van der Waals surface area contributed by atoms with Crippen molar-refractivity contribution in [2.45, 2.75) is 0 Å².